The summed E-state index contributed by atoms with van der Waals surface area (Å²) in [5, 5.41) is 7.03. The van der Waals surface area contributed by atoms with Crippen LogP contribution in [0.2, 0.25) is 0 Å². The van der Waals surface area contributed by atoms with Crippen LogP contribution in [0.5, 0.6) is 11.5 Å². The molecule has 2 N–H and O–H groups in total. The molecule has 112 valence electrons. The van der Waals surface area contributed by atoms with E-state index in [1.54, 1.807) is 0 Å². The van der Waals surface area contributed by atoms with E-state index in [9.17, 15) is 0 Å². The molecule has 1 heterocycles. The van der Waals surface area contributed by atoms with Crippen molar-refractivity contribution in [2.24, 2.45) is 0 Å². The average molecular weight is 278 g/mol. The molecule has 4 nitrogen and oxygen atoms in total. The van der Waals surface area contributed by atoms with E-state index in [-0.39, 0.29) is 5.54 Å². The number of hydrogen-bond acceptors (Lipinski definition) is 4. The highest BCUT2D eigenvalue weighted by molar-refractivity contribution is 5.47. The Balaban J connectivity index is 1.88. The fraction of sp³-hybridized carbons (Fsp3) is 0.625. The molecule has 0 aliphatic carbocycles. The fourth-order valence-corrected chi connectivity index (χ4v) is 2.09. The molecule has 1 aromatic rings. The Morgan fingerprint density at radius 1 is 1.20 bits per heavy atom. The van der Waals surface area contributed by atoms with Gasteiger partial charge < -0.3 is 20.1 Å². The van der Waals surface area contributed by atoms with Gasteiger partial charge in [0.1, 0.15) is 13.2 Å². The van der Waals surface area contributed by atoms with Gasteiger partial charge in [0.25, 0.3) is 0 Å². The molecule has 0 saturated carbocycles. The van der Waals surface area contributed by atoms with Gasteiger partial charge in [-0.3, -0.25) is 0 Å². The Labute approximate surface area is 121 Å². The molecular weight excluding hydrogens is 252 g/mol. The van der Waals surface area contributed by atoms with Gasteiger partial charge in [-0.15, -0.1) is 0 Å². The molecule has 0 spiro atoms. The van der Waals surface area contributed by atoms with Crippen LogP contribution in [0.4, 0.5) is 0 Å². The van der Waals surface area contributed by atoms with Gasteiger partial charge in [0.05, 0.1) is 0 Å². The number of benzene rings is 1. The first kappa shape index (κ1) is 15.1. The highest BCUT2D eigenvalue weighted by Gasteiger charge is 2.16. The summed E-state index contributed by atoms with van der Waals surface area (Å²) in [5.74, 6) is 1.75. The van der Waals surface area contributed by atoms with E-state index in [0.29, 0.717) is 19.3 Å². The van der Waals surface area contributed by atoms with Gasteiger partial charge in [-0.2, -0.15) is 0 Å². The minimum absolute atomic E-state index is 0.152. The van der Waals surface area contributed by atoms with Crippen LogP contribution in [0.3, 0.4) is 0 Å². The van der Waals surface area contributed by atoms with E-state index in [1.807, 2.05) is 12.1 Å². The third kappa shape index (κ3) is 4.39. The summed E-state index contributed by atoms with van der Waals surface area (Å²) in [6.07, 6.45) is 0. The summed E-state index contributed by atoms with van der Waals surface area (Å²) in [6.45, 7) is 11.7. The minimum atomic E-state index is 0.152. The van der Waals surface area contributed by atoms with Crippen LogP contribution in [0.25, 0.3) is 0 Å². The molecule has 2 rings (SSSR count). The third-order valence-electron chi connectivity index (χ3n) is 3.23. The number of para-hydroxylation sites is 1. The maximum Gasteiger partial charge on any atom is 0.165 e. The van der Waals surface area contributed by atoms with Crippen molar-refractivity contribution < 1.29 is 9.47 Å². The van der Waals surface area contributed by atoms with Crippen molar-refractivity contribution in [2.45, 2.75) is 45.8 Å². The first-order valence-electron chi connectivity index (χ1n) is 7.31. The lowest BCUT2D eigenvalue weighted by Crippen LogP contribution is -2.44. The van der Waals surface area contributed by atoms with Gasteiger partial charge in [0, 0.05) is 30.2 Å². The zero-order valence-corrected chi connectivity index (χ0v) is 13.0. The van der Waals surface area contributed by atoms with Crippen molar-refractivity contribution in [1.29, 1.82) is 0 Å². The van der Waals surface area contributed by atoms with E-state index >= 15 is 0 Å². The van der Waals surface area contributed by atoms with Gasteiger partial charge in [0.2, 0.25) is 0 Å². The van der Waals surface area contributed by atoms with E-state index in [0.717, 1.165) is 30.2 Å². The number of nitrogens with one attached hydrogen (secondary N) is 2. The first-order valence-corrected chi connectivity index (χ1v) is 7.31. The van der Waals surface area contributed by atoms with Crippen LogP contribution in [0.15, 0.2) is 18.2 Å². The summed E-state index contributed by atoms with van der Waals surface area (Å²) < 4.78 is 11.3. The maximum atomic E-state index is 5.72. The monoisotopic (exact) mass is 278 g/mol. The summed E-state index contributed by atoms with van der Waals surface area (Å²) in [7, 11) is 0. The highest BCUT2D eigenvalue weighted by atomic mass is 16.6. The second kappa shape index (κ2) is 6.46. The van der Waals surface area contributed by atoms with Gasteiger partial charge in [-0.25, -0.2) is 0 Å². The van der Waals surface area contributed by atoms with Crippen molar-refractivity contribution in [3.63, 3.8) is 0 Å². The van der Waals surface area contributed by atoms with Gasteiger partial charge in [0.15, 0.2) is 11.5 Å². The van der Waals surface area contributed by atoms with Crippen LogP contribution in [0.1, 0.15) is 33.3 Å². The summed E-state index contributed by atoms with van der Waals surface area (Å²) >= 11 is 0. The maximum absolute atomic E-state index is 5.72. The second-order valence-electron chi connectivity index (χ2n) is 6.35. The molecular formula is C16H26N2O2. The van der Waals surface area contributed by atoms with Gasteiger partial charge in [-0.1, -0.05) is 12.1 Å². The number of ether oxygens (including phenoxy) is 2. The average Bonchev–Trinajstić information content (AvgIpc) is 2.42. The van der Waals surface area contributed by atoms with Crippen LogP contribution in [-0.4, -0.2) is 31.3 Å². The molecule has 4 heteroatoms. The van der Waals surface area contributed by atoms with Crippen molar-refractivity contribution >= 4 is 0 Å². The largest absolute Gasteiger partial charge is 0.486 e. The Bertz CT molecular complexity index is 441. The smallest absolute Gasteiger partial charge is 0.165 e. The van der Waals surface area contributed by atoms with Crippen molar-refractivity contribution in [2.75, 3.05) is 19.8 Å². The quantitative estimate of drug-likeness (QED) is 0.867. The Kier molecular flexibility index (Phi) is 4.89. The number of fused-ring (bicyclic) bond motifs is 1. The van der Waals surface area contributed by atoms with Crippen LogP contribution < -0.4 is 20.1 Å². The van der Waals surface area contributed by atoms with Crippen molar-refractivity contribution in [3.05, 3.63) is 23.8 Å². The van der Waals surface area contributed by atoms with Crippen molar-refractivity contribution in [3.8, 4) is 11.5 Å². The minimum Gasteiger partial charge on any atom is -0.486 e. The Morgan fingerprint density at radius 2 is 1.95 bits per heavy atom. The molecule has 0 amide bonds. The molecule has 0 radical (unpaired) electrons. The molecule has 20 heavy (non-hydrogen) atoms. The first-order chi connectivity index (χ1) is 9.46. The van der Waals surface area contributed by atoms with E-state index < -0.39 is 0 Å². The lowest BCUT2D eigenvalue weighted by Gasteiger charge is -2.25. The Morgan fingerprint density at radius 3 is 2.70 bits per heavy atom. The molecule has 1 aliphatic rings. The lowest BCUT2D eigenvalue weighted by molar-refractivity contribution is 0.169. The zero-order chi connectivity index (χ0) is 14.6. The second-order valence-corrected chi connectivity index (χ2v) is 6.35. The predicted molar refractivity (Wildman–Crippen MR) is 81.5 cm³/mol. The van der Waals surface area contributed by atoms with Crippen LogP contribution in [0, 0.1) is 0 Å². The predicted octanol–water partition coefficient (Wildman–Crippen LogP) is 2.32. The fourth-order valence-electron chi connectivity index (χ4n) is 2.09. The molecule has 0 fully saturated rings. The normalized spacial score (nSPS) is 16.0. The van der Waals surface area contributed by atoms with Crippen LogP contribution >= 0.6 is 0 Å². The van der Waals surface area contributed by atoms with E-state index in [1.165, 1.54) is 0 Å². The molecule has 1 aromatic carbocycles. The lowest BCUT2D eigenvalue weighted by atomic mass is 10.1. The molecule has 1 aliphatic heterocycles. The molecule has 0 bridgehead atoms. The van der Waals surface area contributed by atoms with Gasteiger partial charge in [-0.05, 0) is 33.8 Å². The molecule has 0 saturated heterocycles. The van der Waals surface area contributed by atoms with Crippen molar-refractivity contribution in [1.82, 2.24) is 10.6 Å². The topological polar surface area (TPSA) is 42.5 Å². The molecule has 1 unspecified atom stereocenters. The van der Waals surface area contributed by atoms with Gasteiger partial charge >= 0.3 is 0 Å². The highest BCUT2D eigenvalue weighted by Crippen LogP contribution is 2.33. The van der Waals surface area contributed by atoms with Crippen LogP contribution in [-0.2, 0) is 6.54 Å². The summed E-state index contributed by atoms with van der Waals surface area (Å²) in [4.78, 5) is 0. The van der Waals surface area contributed by atoms with E-state index in [4.69, 9.17) is 9.47 Å². The number of rotatable bonds is 5. The van der Waals surface area contributed by atoms with E-state index in [2.05, 4.69) is 44.4 Å². The summed E-state index contributed by atoms with van der Waals surface area (Å²) in [6, 6.07) is 6.46. The zero-order valence-electron chi connectivity index (χ0n) is 13.0. The molecule has 0 aromatic heterocycles. The SMILES string of the molecule is CC(CNC(C)(C)C)NCc1cccc2c1OCCO2. The standard InChI is InChI=1S/C16H26N2O2/c1-12(10-18-16(2,3)4)17-11-13-6-5-7-14-15(13)20-9-8-19-14/h5-7,12,17-18H,8-11H2,1-4H3. The summed E-state index contributed by atoms with van der Waals surface area (Å²) in [5.41, 5.74) is 1.31. The third-order valence-corrected chi connectivity index (χ3v) is 3.23. The number of hydrogen-bond donors (Lipinski definition) is 2. The molecule has 1 atom stereocenters. The Hall–Kier alpha value is -1.26.